The quantitative estimate of drug-likeness (QED) is 0.922. The lowest BCUT2D eigenvalue weighted by molar-refractivity contribution is 0.429. The van der Waals surface area contributed by atoms with E-state index in [1.807, 2.05) is 0 Å². The van der Waals surface area contributed by atoms with Crippen molar-refractivity contribution < 1.29 is 4.52 Å². The highest BCUT2D eigenvalue weighted by Gasteiger charge is 2.26. The Kier molecular flexibility index (Phi) is 3.33. The molecule has 3 heterocycles. The number of hydrogen-bond donors (Lipinski definition) is 1. The molecule has 0 aromatic carbocycles. The van der Waals surface area contributed by atoms with Gasteiger partial charge in [-0.05, 0) is 42.8 Å². The van der Waals surface area contributed by atoms with Crippen LogP contribution in [0.15, 0.2) is 4.52 Å². The monoisotopic (exact) mass is 304 g/mol. The molecule has 2 N–H and O–H groups in total. The molecule has 0 amide bonds. The van der Waals surface area contributed by atoms with E-state index in [0.717, 1.165) is 42.4 Å². The third kappa shape index (κ3) is 2.31. The summed E-state index contributed by atoms with van der Waals surface area (Å²) < 4.78 is 5.53. The Morgan fingerprint density at radius 3 is 2.67 bits per heavy atom. The summed E-state index contributed by atoms with van der Waals surface area (Å²) in [5, 5.41) is 5.02. The highest BCUT2D eigenvalue weighted by Crippen LogP contribution is 2.43. The first kappa shape index (κ1) is 13.1. The van der Waals surface area contributed by atoms with Crippen molar-refractivity contribution in [3.05, 3.63) is 10.4 Å². The van der Waals surface area contributed by atoms with Crippen LogP contribution in [0.1, 0.15) is 42.5 Å². The van der Waals surface area contributed by atoms with Gasteiger partial charge in [-0.2, -0.15) is 4.98 Å². The van der Waals surface area contributed by atoms with Gasteiger partial charge < -0.3 is 15.2 Å². The van der Waals surface area contributed by atoms with Gasteiger partial charge in [-0.3, -0.25) is 0 Å². The van der Waals surface area contributed by atoms with Crippen molar-refractivity contribution in [2.75, 3.05) is 23.7 Å². The van der Waals surface area contributed by atoms with Crippen LogP contribution >= 0.6 is 11.3 Å². The van der Waals surface area contributed by atoms with Crippen LogP contribution in [0.2, 0.25) is 0 Å². The maximum absolute atomic E-state index is 6.17. The predicted molar refractivity (Wildman–Crippen MR) is 84.7 cm³/mol. The second kappa shape index (κ2) is 5.33. The van der Waals surface area contributed by atoms with Crippen molar-refractivity contribution >= 4 is 22.3 Å². The van der Waals surface area contributed by atoms with Crippen molar-refractivity contribution in [3.8, 4) is 11.5 Å². The first-order chi connectivity index (χ1) is 10.3. The number of hydrogen-bond acceptors (Lipinski definition) is 6. The van der Waals surface area contributed by atoms with Crippen molar-refractivity contribution in [1.29, 1.82) is 0 Å². The molecule has 0 spiro atoms. The van der Waals surface area contributed by atoms with Gasteiger partial charge in [0.1, 0.15) is 0 Å². The summed E-state index contributed by atoms with van der Waals surface area (Å²) in [5.41, 5.74) is 8.51. The molecule has 112 valence electrons. The molecule has 5 nitrogen and oxygen atoms in total. The van der Waals surface area contributed by atoms with E-state index >= 15 is 0 Å². The highest BCUT2D eigenvalue weighted by atomic mass is 32.1. The van der Waals surface area contributed by atoms with Gasteiger partial charge in [0.15, 0.2) is 0 Å². The SMILES string of the molecule is Nc1sc2c(c1-c1nc(N3CCCCCC3)no1)CCC2. The second-order valence-electron chi connectivity index (χ2n) is 5.90. The maximum atomic E-state index is 6.17. The normalized spacial score (nSPS) is 18.8. The molecule has 0 bridgehead atoms. The number of thiophene rings is 1. The number of fused-ring (bicyclic) bond motifs is 1. The zero-order valence-corrected chi connectivity index (χ0v) is 12.9. The van der Waals surface area contributed by atoms with E-state index in [0.29, 0.717) is 5.89 Å². The Morgan fingerprint density at radius 2 is 1.86 bits per heavy atom. The van der Waals surface area contributed by atoms with Gasteiger partial charge in [0.2, 0.25) is 0 Å². The van der Waals surface area contributed by atoms with E-state index in [9.17, 15) is 0 Å². The zero-order chi connectivity index (χ0) is 14.2. The minimum atomic E-state index is 0.603. The average molecular weight is 304 g/mol. The molecule has 21 heavy (non-hydrogen) atoms. The maximum Gasteiger partial charge on any atom is 0.266 e. The van der Waals surface area contributed by atoms with Gasteiger partial charge in [0.05, 0.1) is 10.6 Å². The molecule has 1 aliphatic carbocycles. The highest BCUT2D eigenvalue weighted by molar-refractivity contribution is 7.16. The number of rotatable bonds is 2. The second-order valence-corrected chi connectivity index (χ2v) is 7.03. The van der Waals surface area contributed by atoms with Crippen LogP contribution in [0.5, 0.6) is 0 Å². The molecule has 0 atom stereocenters. The lowest BCUT2D eigenvalue weighted by Crippen LogP contribution is -2.24. The van der Waals surface area contributed by atoms with E-state index in [2.05, 4.69) is 15.0 Å². The Labute approximate surface area is 128 Å². The molecule has 0 radical (unpaired) electrons. The van der Waals surface area contributed by atoms with E-state index in [1.165, 1.54) is 42.5 Å². The molecule has 1 fully saturated rings. The molecule has 0 saturated carbocycles. The third-order valence-corrected chi connectivity index (χ3v) is 5.59. The summed E-state index contributed by atoms with van der Waals surface area (Å²) in [7, 11) is 0. The van der Waals surface area contributed by atoms with Gasteiger partial charge in [0.25, 0.3) is 11.8 Å². The molecule has 0 unspecified atom stereocenters. The lowest BCUT2D eigenvalue weighted by atomic mass is 10.1. The van der Waals surface area contributed by atoms with Crippen LogP contribution in [0.3, 0.4) is 0 Å². The van der Waals surface area contributed by atoms with Gasteiger partial charge in [-0.1, -0.05) is 12.8 Å². The van der Waals surface area contributed by atoms with Gasteiger partial charge in [0, 0.05) is 18.0 Å². The Bertz CT molecular complexity index is 640. The molecule has 1 saturated heterocycles. The van der Waals surface area contributed by atoms with Crippen LogP contribution in [0, 0.1) is 0 Å². The summed E-state index contributed by atoms with van der Waals surface area (Å²) in [5.74, 6) is 1.33. The molecule has 6 heteroatoms. The summed E-state index contributed by atoms with van der Waals surface area (Å²) in [6.07, 6.45) is 8.44. The molecule has 2 aromatic heterocycles. The Hall–Kier alpha value is -1.56. The van der Waals surface area contributed by atoms with E-state index < -0.39 is 0 Å². The first-order valence-electron chi connectivity index (χ1n) is 7.82. The van der Waals surface area contributed by atoms with Crippen LogP contribution in [-0.4, -0.2) is 23.2 Å². The molecule has 2 aliphatic rings. The number of anilines is 2. The smallest absolute Gasteiger partial charge is 0.266 e. The molecule has 1 aliphatic heterocycles. The first-order valence-corrected chi connectivity index (χ1v) is 8.63. The van der Waals surface area contributed by atoms with Crippen molar-refractivity contribution in [2.24, 2.45) is 0 Å². The van der Waals surface area contributed by atoms with E-state index in [-0.39, 0.29) is 0 Å². The van der Waals surface area contributed by atoms with E-state index in [4.69, 9.17) is 10.3 Å². The van der Waals surface area contributed by atoms with Crippen LogP contribution in [-0.2, 0) is 12.8 Å². The van der Waals surface area contributed by atoms with Crippen molar-refractivity contribution in [3.63, 3.8) is 0 Å². The molecule has 4 rings (SSSR count). The molecule has 2 aromatic rings. The third-order valence-electron chi connectivity index (χ3n) is 4.47. The lowest BCUT2D eigenvalue weighted by Gasteiger charge is -2.16. The number of nitrogens with two attached hydrogens (primary N) is 1. The number of nitrogens with zero attached hydrogens (tertiary/aromatic N) is 3. The largest absolute Gasteiger partial charge is 0.390 e. The average Bonchev–Trinajstić information content (AvgIpc) is 3.11. The minimum Gasteiger partial charge on any atom is -0.390 e. The van der Waals surface area contributed by atoms with E-state index in [1.54, 1.807) is 11.3 Å². The van der Waals surface area contributed by atoms with Crippen molar-refractivity contribution in [2.45, 2.75) is 44.9 Å². The summed E-state index contributed by atoms with van der Waals surface area (Å²) >= 11 is 1.68. The van der Waals surface area contributed by atoms with Gasteiger partial charge in [-0.15, -0.1) is 11.3 Å². The number of aromatic nitrogens is 2. The topological polar surface area (TPSA) is 68.2 Å². The predicted octanol–water partition coefficient (Wildman–Crippen LogP) is 3.25. The molecular formula is C15H20N4OS. The Balaban J connectivity index is 1.65. The number of aryl methyl sites for hydroxylation is 1. The van der Waals surface area contributed by atoms with Gasteiger partial charge >= 0.3 is 0 Å². The number of nitrogen functional groups attached to an aromatic ring is 1. The van der Waals surface area contributed by atoms with Crippen molar-refractivity contribution in [1.82, 2.24) is 10.1 Å². The summed E-state index contributed by atoms with van der Waals surface area (Å²) in [6, 6.07) is 0. The van der Waals surface area contributed by atoms with Crippen LogP contribution in [0.4, 0.5) is 10.9 Å². The zero-order valence-electron chi connectivity index (χ0n) is 12.1. The summed E-state index contributed by atoms with van der Waals surface area (Å²) in [6.45, 7) is 2.05. The standard InChI is InChI=1S/C15H20N4OS/c16-13-12(10-6-5-7-11(10)21-13)14-17-15(18-20-14)19-8-3-1-2-4-9-19/h1-9,16H2. The Morgan fingerprint density at radius 1 is 1.05 bits per heavy atom. The summed E-state index contributed by atoms with van der Waals surface area (Å²) in [4.78, 5) is 8.27. The van der Waals surface area contributed by atoms with Gasteiger partial charge in [-0.25, -0.2) is 0 Å². The minimum absolute atomic E-state index is 0.603. The fourth-order valence-corrected chi connectivity index (χ4v) is 4.53. The molecular weight excluding hydrogens is 284 g/mol. The fraction of sp³-hybridized carbons (Fsp3) is 0.600. The fourth-order valence-electron chi connectivity index (χ4n) is 3.38. The van der Waals surface area contributed by atoms with Crippen LogP contribution in [0.25, 0.3) is 11.5 Å². The van der Waals surface area contributed by atoms with Crippen LogP contribution < -0.4 is 10.6 Å².